The Balaban J connectivity index is 2.00. The average Bonchev–Trinajstić information content (AvgIpc) is 2.64. The summed E-state index contributed by atoms with van der Waals surface area (Å²) in [6.07, 6.45) is 0. The number of anilines is 1. The van der Waals surface area contributed by atoms with Gasteiger partial charge in [-0.25, -0.2) is 0 Å². The molecule has 0 saturated heterocycles. The number of nitrogens with one attached hydrogen (secondary N) is 2. The monoisotopic (exact) mass is 377 g/mol. The summed E-state index contributed by atoms with van der Waals surface area (Å²) in [7, 11) is 3.62. The standard InChI is InChI=1S/C20H25ClN2O3/c1-5-26-18-11-6-15(12-19(18)25-4)13-23(3)14(2)20(24)22-17-9-7-16(21)8-10-17/h6-12,14H,5,13H2,1-4H3,(H,22,24)/p+1/t14-/m1/s1. The first kappa shape index (κ1) is 20.1. The summed E-state index contributed by atoms with van der Waals surface area (Å²) in [6, 6.07) is 12.7. The predicted molar refractivity (Wildman–Crippen MR) is 104 cm³/mol. The first-order chi connectivity index (χ1) is 12.4. The van der Waals surface area contributed by atoms with E-state index in [-0.39, 0.29) is 11.9 Å². The molecule has 0 aromatic heterocycles. The van der Waals surface area contributed by atoms with Crippen LogP contribution in [0.3, 0.4) is 0 Å². The Hall–Kier alpha value is -2.24. The molecular weight excluding hydrogens is 352 g/mol. The number of hydrogen-bond acceptors (Lipinski definition) is 3. The van der Waals surface area contributed by atoms with Gasteiger partial charge in [-0.2, -0.15) is 0 Å². The van der Waals surface area contributed by atoms with Crippen molar-refractivity contribution in [1.82, 2.24) is 0 Å². The SMILES string of the molecule is CCOc1ccc(C[NH+](C)[C@H](C)C(=O)Nc2ccc(Cl)cc2)cc1OC. The van der Waals surface area contributed by atoms with Crippen LogP contribution in [0.5, 0.6) is 11.5 Å². The van der Waals surface area contributed by atoms with E-state index in [1.165, 1.54) is 0 Å². The van der Waals surface area contributed by atoms with E-state index in [1.807, 2.05) is 39.1 Å². The van der Waals surface area contributed by atoms with Crippen molar-refractivity contribution in [3.8, 4) is 11.5 Å². The Kier molecular flexibility index (Phi) is 7.30. The average molecular weight is 378 g/mol. The number of methoxy groups -OCH3 is 1. The minimum Gasteiger partial charge on any atom is -0.493 e. The number of quaternary nitrogens is 1. The van der Waals surface area contributed by atoms with Gasteiger partial charge in [0.15, 0.2) is 17.5 Å². The fourth-order valence-corrected chi connectivity index (χ4v) is 2.71. The third kappa shape index (κ3) is 5.38. The summed E-state index contributed by atoms with van der Waals surface area (Å²) < 4.78 is 10.9. The Morgan fingerprint density at radius 2 is 1.88 bits per heavy atom. The summed E-state index contributed by atoms with van der Waals surface area (Å²) in [5, 5.41) is 3.56. The zero-order valence-corrected chi connectivity index (χ0v) is 16.4. The molecule has 140 valence electrons. The van der Waals surface area contributed by atoms with E-state index in [0.29, 0.717) is 23.9 Å². The molecule has 2 aromatic carbocycles. The number of carbonyl (C=O) groups is 1. The molecule has 1 amide bonds. The predicted octanol–water partition coefficient (Wildman–Crippen LogP) is 2.79. The minimum atomic E-state index is -0.219. The molecule has 2 rings (SSSR count). The van der Waals surface area contributed by atoms with Gasteiger partial charge < -0.3 is 19.7 Å². The third-order valence-electron chi connectivity index (χ3n) is 4.26. The van der Waals surface area contributed by atoms with Crippen LogP contribution >= 0.6 is 11.6 Å². The molecule has 0 spiro atoms. The Bertz CT molecular complexity index is 734. The molecule has 0 aliphatic rings. The number of benzene rings is 2. The molecule has 0 bridgehead atoms. The molecule has 2 N–H and O–H groups in total. The summed E-state index contributed by atoms with van der Waals surface area (Å²) in [5.41, 5.74) is 1.82. The van der Waals surface area contributed by atoms with Gasteiger partial charge in [0.05, 0.1) is 20.8 Å². The maximum absolute atomic E-state index is 12.5. The van der Waals surface area contributed by atoms with Crippen molar-refractivity contribution in [2.45, 2.75) is 26.4 Å². The van der Waals surface area contributed by atoms with Crippen LogP contribution in [0.4, 0.5) is 5.69 Å². The zero-order chi connectivity index (χ0) is 19.1. The molecule has 0 aliphatic carbocycles. The van der Waals surface area contributed by atoms with E-state index < -0.39 is 0 Å². The van der Waals surface area contributed by atoms with Crippen molar-refractivity contribution in [2.24, 2.45) is 0 Å². The van der Waals surface area contributed by atoms with Crippen LogP contribution in [0.15, 0.2) is 42.5 Å². The van der Waals surface area contributed by atoms with E-state index >= 15 is 0 Å². The second-order valence-electron chi connectivity index (χ2n) is 6.16. The van der Waals surface area contributed by atoms with Crippen molar-refractivity contribution in [2.75, 3.05) is 26.1 Å². The largest absolute Gasteiger partial charge is 0.493 e. The number of amides is 1. The van der Waals surface area contributed by atoms with Crippen LogP contribution in [-0.4, -0.2) is 32.7 Å². The molecule has 0 fully saturated rings. The molecule has 2 aromatic rings. The van der Waals surface area contributed by atoms with E-state index in [1.54, 1.807) is 31.4 Å². The van der Waals surface area contributed by atoms with Crippen LogP contribution in [0, 0.1) is 0 Å². The van der Waals surface area contributed by atoms with Gasteiger partial charge in [0.1, 0.15) is 6.54 Å². The molecule has 0 saturated carbocycles. The van der Waals surface area contributed by atoms with Gasteiger partial charge in [0.2, 0.25) is 0 Å². The van der Waals surface area contributed by atoms with Crippen molar-refractivity contribution in [3.05, 3.63) is 53.1 Å². The highest BCUT2D eigenvalue weighted by atomic mass is 35.5. The molecular formula is C20H26ClN2O3+. The lowest BCUT2D eigenvalue weighted by molar-refractivity contribution is -0.907. The lowest BCUT2D eigenvalue weighted by Crippen LogP contribution is -3.12. The van der Waals surface area contributed by atoms with Gasteiger partial charge in [-0.3, -0.25) is 4.79 Å². The van der Waals surface area contributed by atoms with Gasteiger partial charge in [0, 0.05) is 16.3 Å². The van der Waals surface area contributed by atoms with Crippen molar-refractivity contribution < 1.29 is 19.2 Å². The number of ether oxygens (including phenoxy) is 2. The Morgan fingerprint density at radius 3 is 2.50 bits per heavy atom. The number of carbonyl (C=O) groups excluding carboxylic acids is 1. The van der Waals surface area contributed by atoms with Crippen LogP contribution < -0.4 is 19.7 Å². The van der Waals surface area contributed by atoms with Gasteiger partial charge in [-0.05, 0) is 56.3 Å². The number of rotatable bonds is 8. The van der Waals surface area contributed by atoms with Crippen LogP contribution in [0.1, 0.15) is 19.4 Å². The lowest BCUT2D eigenvalue weighted by Gasteiger charge is -2.21. The number of likely N-dealkylation sites (N-methyl/N-ethyl adjacent to an activating group) is 1. The Morgan fingerprint density at radius 1 is 1.19 bits per heavy atom. The first-order valence-electron chi connectivity index (χ1n) is 8.63. The quantitative estimate of drug-likeness (QED) is 0.743. The molecule has 26 heavy (non-hydrogen) atoms. The van der Waals surface area contributed by atoms with Gasteiger partial charge >= 0.3 is 0 Å². The Labute approximate surface area is 159 Å². The smallest absolute Gasteiger partial charge is 0.282 e. The number of halogens is 1. The summed E-state index contributed by atoms with van der Waals surface area (Å²) in [6.45, 7) is 5.12. The fraction of sp³-hybridized carbons (Fsp3) is 0.350. The van der Waals surface area contributed by atoms with E-state index in [4.69, 9.17) is 21.1 Å². The molecule has 0 aliphatic heterocycles. The maximum Gasteiger partial charge on any atom is 0.282 e. The lowest BCUT2D eigenvalue weighted by atomic mass is 10.1. The van der Waals surface area contributed by atoms with Crippen molar-refractivity contribution in [3.63, 3.8) is 0 Å². The second kappa shape index (κ2) is 9.46. The topological polar surface area (TPSA) is 52.0 Å². The maximum atomic E-state index is 12.5. The number of hydrogen-bond donors (Lipinski definition) is 2. The van der Waals surface area contributed by atoms with Gasteiger partial charge in [0.25, 0.3) is 5.91 Å². The summed E-state index contributed by atoms with van der Waals surface area (Å²) >= 11 is 5.87. The van der Waals surface area contributed by atoms with E-state index in [9.17, 15) is 4.79 Å². The zero-order valence-electron chi connectivity index (χ0n) is 15.6. The fourth-order valence-electron chi connectivity index (χ4n) is 2.58. The highest BCUT2D eigenvalue weighted by Crippen LogP contribution is 2.27. The highest BCUT2D eigenvalue weighted by molar-refractivity contribution is 6.30. The summed E-state index contributed by atoms with van der Waals surface area (Å²) in [5.74, 6) is 1.39. The van der Waals surface area contributed by atoms with Gasteiger partial charge in [-0.15, -0.1) is 0 Å². The normalized spacial score (nSPS) is 13.0. The molecule has 0 heterocycles. The van der Waals surface area contributed by atoms with Crippen molar-refractivity contribution in [1.29, 1.82) is 0 Å². The van der Waals surface area contributed by atoms with Crippen LogP contribution in [0.25, 0.3) is 0 Å². The molecule has 2 atom stereocenters. The summed E-state index contributed by atoms with van der Waals surface area (Å²) in [4.78, 5) is 13.6. The highest BCUT2D eigenvalue weighted by Gasteiger charge is 2.22. The second-order valence-corrected chi connectivity index (χ2v) is 6.60. The first-order valence-corrected chi connectivity index (χ1v) is 9.00. The molecule has 5 nitrogen and oxygen atoms in total. The molecule has 6 heteroatoms. The third-order valence-corrected chi connectivity index (χ3v) is 4.51. The van der Waals surface area contributed by atoms with Gasteiger partial charge in [-0.1, -0.05) is 11.6 Å². The minimum absolute atomic E-state index is 0.0391. The van der Waals surface area contributed by atoms with E-state index in [0.717, 1.165) is 21.9 Å². The molecule has 0 radical (unpaired) electrons. The van der Waals surface area contributed by atoms with E-state index in [2.05, 4.69) is 5.32 Å². The van der Waals surface area contributed by atoms with Crippen molar-refractivity contribution >= 4 is 23.2 Å². The van der Waals surface area contributed by atoms with Crippen LogP contribution in [0.2, 0.25) is 5.02 Å². The molecule has 1 unspecified atom stereocenters. The van der Waals surface area contributed by atoms with Crippen LogP contribution in [-0.2, 0) is 11.3 Å².